The Labute approximate surface area is 150 Å². The Balaban J connectivity index is 1.58. The van der Waals surface area contributed by atoms with Gasteiger partial charge in [0.1, 0.15) is 0 Å². The monoisotopic (exact) mass is 340 g/mol. The molecular weight excluding hydrogens is 312 g/mol. The molecule has 0 radical (unpaired) electrons. The van der Waals surface area contributed by atoms with E-state index in [2.05, 4.69) is 55.9 Å². The van der Waals surface area contributed by atoms with E-state index in [1.54, 1.807) is 0 Å². The van der Waals surface area contributed by atoms with E-state index in [0.717, 1.165) is 38.4 Å². The summed E-state index contributed by atoms with van der Waals surface area (Å²) >= 11 is 0. The van der Waals surface area contributed by atoms with Gasteiger partial charge in [0.05, 0.1) is 12.4 Å². The van der Waals surface area contributed by atoms with Crippen LogP contribution in [0.25, 0.3) is 0 Å². The highest BCUT2D eigenvalue weighted by Gasteiger charge is 2.28. The normalized spacial score (nSPS) is 21.4. The molecule has 0 spiro atoms. The maximum absolute atomic E-state index is 4.50. The lowest BCUT2D eigenvalue weighted by molar-refractivity contribution is 0.189. The van der Waals surface area contributed by atoms with Crippen LogP contribution in [0, 0.1) is 12.8 Å². The minimum absolute atomic E-state index is 0.442. The summed E-state index contributed by atoms with van der Waals surface area (Å²) in [7, 11) is 1.87. The molecule has 2 unspecified atom stereocenters. The maximum atomic E-state index is 4.50. The fourth-order valence-corrected chi connectivity index (χ4v) is 3.52. The topological polar surface area (TPSA) is 58.3 Å². The smallest absolute Gasteiger partial charge is 0.193 e. The molecule has 2 aromatic rings. The number of likely N-dealkylation sites (tertiary alicyclic amines) is 1. The summed E-state index contributed by atoms with van der Waals surface area (Å²) < 4.78 is 2.23. The number of aromatic nitrogens is 3. The van der Waals surface area contributed by atoms with E-state index in [9.17, 15) is 0 Å². The quantitative estimate of drug-likeness (QED) is 0.685. The highest BCUT2D eigenvalue weighted by molar-refractivity contribution is 5.80. The molecule has 0 aromatic carbocycles. The zero-order chi connectivity index (χ0) is 17.6. The van der Waals surface area contributed by atoms with Crippen molar-refractivity contribution in [2.75, 3.05) is 26.7 Å². The van der Waals surface area contributed by atoms with Crippen molar-refractivity contribution in [3.8, 4) is 0 Å². The van der Waals surface area contributed by atoms with E-state index in [4.69, 9.17) is 0 Å². The molecule has 1 fully saturated rings. The van der Waals surface area contributed by atoms with Crippen molar-refractivity contribution in [2.24, 2.45) is 10.9 Å². The molecule has 0 saturated carbocycles. The number of nitrogens with zero attached hydrogens (tertiary/aromatic N) is 5. The van der Waals surface area contributed by atoms with Crippen molar-refractivity contribution in [2.45, 2.75) is 32.7 Å². The highest BCUT2D eigenvalue weighted by Crippen LogP contribution is 2.27. The average Bonchev–Trinajstić information content (AvgIpc) is 3.15. The van der Waals surface area contributed by atoms with Crippen molar-refractivity contribution in [3.63, 3.8) is 0 Å². The summed E-state index contributed by atoms with van der Waals surface area (Å²) in [5, 5.41) is 3.53. The van der Waals surface area contributed by atoms with Gasteiger partial charge in [0.25, 0.3) is 0 Å². The van der Waals surface area contributed by atoms with E-state index < -0.39 is 0 Å². The second-order valence-electron chi connectivity index (χ2n) is 6.82. The second-order valence-corrected chi connectivity index (χ2v) is 6.82. The third-order valence-electron chi connectivity index (χ3n) is 5.15. The Kier molecular flexibility index (Phi) is 5.68. The van der Waals surface area contributed by atoms with E-state index in [-0.39, 0.29) is 0 Å². The first-order chi connectivity index (χ1) is 12.2. The lowest BCUT2D eigenvalue weighted by atomic mass is 9.93. The fraction of sp³-hybridized carbons (Fsp3) is 0.526. The van der Waals surface area contributed by atoms with Crippen molar-refractivity contribution in [1.82, 2.24) is 24.8 Å². The van der Waals surface area contributed by atoms with Crippen LogP contribution in [0.5, 0.6) is 0 Å². The van der Waals surface area contributed by atoms with E-state index in [1.807, 2.05) is 32.0 Å². The second kappa shape index (κ2) is 8.14. The van der Waals surface area contributed by atoms with Gasteiger partial charge in [-0.15, -0.1) is 0 Å². The van der Waals surface area contributed by atoms with E-state index >= 15 is 0 Å². The molecule has 134 valence electrons. The summed E-state index contributed by atoms with van der Waals surface area (Å²) in [4.78, 5) is 15.2. The standard InChI is InChI=1S/C19H28N6/c1-15-6-10-24(13-18(15)25-11-9-22-14-25)19(20-3)23-8-5-17-4-7-21-12-16(17)2/h4,7,9,11-12,14-15,18H,5-6,8,10,13H2,1-3H3,(H,20,23). The van der Waals surface area contributed by atoms with Crippen LogP contribution in [0.3, 0.4) is 0 Å². The van der Waals surface area contributed by atoms with E-state index in [1.165, 1.54) is 11.1 Å². The Morgan fingerprint density at radius 2 is 2.24 bits per heavy atom. The van der Waals surface area contributed by atoms with Crippen molar-refractivity contribution in [3.05, 3.63) is 48.3 Å². The minimum Gasteiger partial charge on any atom is -0.356 e. The number of rotatable bonds is 4. The summed E-state index contributed by atoms with van der Waals surface area (Å²) in [6, 6.07) is 2.54. The van der Waals surface area contributed by atoms with Crippen LogP contribution >= 0.6 is 0 Å². The third kappa shape index (κ3) is 4.18. The Hall–Kier alpha value is -2.37. The molecular formula is C19H28N6. The van der Waals surface area contributed by atoms with Crippen LogP contribution in [0.4, 0.5) is 0 Å². The predicted molar refractivity (Wildman–Crippen MR) is 101 cm³/mol. The molecule has 25 heavy (non-hydrogen) atoms. The minimum atomic E-state index is 0.442. The van der Waals surface area contributed by atoms with Gasteiger partial charge in [-0.1, -0.05) is 6.92 Å². The van der Waals surface area contributed by atoms with Gasteiger partial charge in [-0.2, -0.15) is 0 Å². The first kappa shape index (κ1) is 17.5. The highest BCUT2D eigenvalue weighted by atomic mass is 15.3. The van der Waals surface area contributed by atoms with Crippen LogP contribution in [-0.2, 0) is 6.42 Å². The number of aryl methyl sites for hydroxylation is 1. The lowest BCUT2D eigenvalue weighted by Gasteiger charge is -2.39. The summed E-state index contributed by atoms with van der Waals surface area (Å²) in [5.41, 5.74) is 2.58. The number of hydrogen-bond donors (Lipinski definition) is 1. The zero-order valence-electron chi connectivity index (χ0n) is 15.4. The van der Waals surface area contributed by atoms with Crippen LogP contribution in [0.15, 0.2) is 42.2 Å². The van der Waals surface area contributed by atoms with Crippen LogP contribution in [0.2, 0.25) is 0 Å². The van der Waals surface area contributed by atoms with Gasteiger partial charge in [0.2, 0.25) is 0 Å². The molecule has 3 heterocycles. The van der Waals surface area contributed by atoms with Crippen LogP contribution < -0.4 is 5.32 Å². The Bertz CT molecular complexity index is 694. The van der Waals surface area contributed by atoms with E-state index in [0.29, 0.717) is 12.0 Å². The number of pyridine rings is 1. The Morgan fingerprint density at radius 3 is 2.96 bits per heavy atom. The molecule has 2 atom stereocenters. The third-order valence-corrected chi connectivity index (χ3v) is 5.15. The summed E-state index contributed by atoms with van der Waals surface area (Å²) in [5.74, 6) is 1.63. The number of hydrogen-bond acceptors (Lipinski definition) is 3. The average molecular weight is 340 g/mol. The number of aliphatic imine (C=N–C) groups is 1. The zero-order valence-corrected chi connectivity index (χ0v) is 15.4. The van der Waals surface area contributed by atoms with Crippen molar-refractivity contribution >= 4 is 5.96 Å². The van der Waals surface area contributed by atoms with Crippen molar-refractivity contribution in [1.29, 1.82) is 0 Å². The summed E-state index contributed by atoms with van der Waals surface area (Å²) in [6.45, 7) is 7.31. The Morgan fingerprint density at radius 1 is 1.36 bits per heavy atom. The van der Waals surface area contributed by atoms with Crippen LogP contribution in [-0.4, -0.2) is 52.1 Å². The molecule has 6 nitrogen and oxygen atoms in total. The van der Waals surface area contributed by atoms with Gasteiger partial charge in [-0.05, 0) is 42.9 Å². The maximum Gasteiger partial charge on any atom is 0.193 e. The first-order valence-corrected chi connectivity index (χ1v) is 9.01. The van der Waals surface area contributed by atoms with Gasteiger partial charge in [0.15, 0.2) is 5.96 Å². The number of nitrogens with one attached hydrogen (secondary N) is 1. The summed E-state index contributed by atoms with van der Waals surface area (Å²) in [6.07, 6.45) is 11.8. The number of guanidine groups is 1. The van der Waals surface area contributed by atoms with Crippen LogP contribution in [0.1, 0.15) is 30.5 Å². The molecule has 3 rings (SSSR count). The van der Waals surface area contributed by atoms with Gasteiger partial charge in [-0.3, -0.25) is 9.98 Å². The largest absolute Gasteiger partial charge is 0.356 e. The lowest BCUT2D eigenvalue weighted by Crippen LogP contribution is -2.49. The fourth-order valence-electron chi connectivity index (χ4n) is 3.52. The molecule has 1 aliphatic heterocycles. The molecule has 0 bridgehead atoms. The molecule has 6 heteroatoms. The molecule has 0 aliphatic carbocycles. The van der Waals surface area contributed by atoms with Gasteiger partial charge in [0, 0.05) is 51.5 Å². The molecule has 0 amide bonds. The number of imidazole rings is 1. The SMILES string of the molecule is CN=C(NCCc1ccncc1C)N1CCC(C)C(n2ccnc2)C1. The van der Waals surface area contributed by atoms with Gasteiger partial charge >= 0.3 is 0 Å². The van der Waals surface area contributed by atoms with Crippen molar-refractivity contribution < 1.29 is 0 Å². The molecule has 1 aliphatic rings. The predicted octanol–water partition coefficient (Wildman–Crippen LogP) is 2.29. The first-order valence-electron chi connectivity index (χ1n) is 9.01. The number of piperidine rings is 1. The molecule has 2 aromatic heterocycles. The van der Waals surface area contributed by atoms with Gasteiger partial charge < -0.3 is 14.8 Å². The van der Waals surface area contributed by atoms with Gasteiger partial charge in [-0.25, -0.2) is 4.98 Å². The molecule has 1 N–H and O–H groups in total. The molecule has 1 saturated heterocycles.